The first-order valence-corrected chi connectivity index (χ1v) is 5.56. The lowest BCUT2D eigenvalue weighted by atomic mass is 10.2. The van der Waals surface area contributed by atoms with Crippen molar-refractivity contribution in [3.63, 3.8) is 0 Å². The quantitative estimate of drug-likeness (QED) is 0.725. The molecule has 0 spiro atoms. The predicted octanol–water partition coefficient (Wildman–Crippen LogP) is 0.986. The van der Waals surface area contributed by atoms with Crippen LogP contribution in [0.15, 0.2) is 22.7 Å². The average molecular weight is 304 g/mol. The number of halogens is 2. The molecule has 0 aliphatic rings. The highest BCUT2D eigenvalue weighted by molar-refractivity contribution is 9.10. The molecule has 17 heavy (non-hydrogen) atoms. The van der Waals surface area contributed by atoms with E-state index in [4.69, 9.17) is 5.73 Å². The molecule has 0 saturated carbocycles. The first kappa shape index (κ1) is 13.4. The Morgan fingerprint density at radius 3 is 2.53 bits per heavy atom. The van der Waals surface area contributed by atoms with Gasteiger partial charge in [0.1, 0.15) is 5.82 Å². The summed E-state index contributed by atoms with van der Waals surface area (Å²) in [5.41, 5.74) is 5.17. The molecule has 1 aromatic carbocycles. The van der Waals surface area contributed by atoms with Crippen molar-refractivity contribution in [1.29, 1.82) is 0 Å². The van der Waals surface area contributed by atoms with Crippen molar-refractivity contribution in [2.75, 3.05) is 13.1 Å². The molecular formula is C10H11BrFN3O2. The first-order valence-electron chi connectivity index (χ1n) is 4.77. The van der Waals surface area contributed by atoms with E-state index in [-0.39, 0.29) is 19.0 Å². The van der Waals surface area contributed by atoms with E-state index in [0.717, 1.165) is 0 Å². The highest BCUT2D eigenvalue weighted by atomic mass is 79.9. The molecule has 5 nitrogen and oxygen atoms in total. The van der Waals surface area contributed by atoms with Crippen LogP contribution < -0.4 is 16.4 Å². The molecule has 0 heterocycles. The Labute approximate surface area is 106 Å². The number of hydrogen-bond donors (Lipinski definition) is 3. The highest BCUT2D eigenvalue weighted by Crippen LogP contribution is 2.17. The largest absolute Gasteiger partial charge is 0.352 e. The van der Waals surface area contributed by atoms with Crippen LogP contribution in [0.25, 0.3) is 0 Å². The SMILES string of the molecule is NC(=O)NCCNC(=O)c1ccc(F)cc1Br. The highest BCUT2D eigenvalue weighted by Gasteiger charge is 2.09. The van der Waals surface area contributed by atoms with E-state index in [1.807, 2.05) is 0 Å². The van der Waals surface area contributed by atoms with Crippen LogP contribution in [0.5, 0.6) is 0 Å². The van der Waals surface area contributed by atoms with Crippen LogP contribution >= 0.6 is 15.9 Å². The van der Waals surface area contributed by atoms with Crippen LogP contribution in [0.2, 0.25) is 0 Å². The third kappa shape index (κ3) is 4.39. The van der Waals surface area contributed by atoms with Crippen molar-refractivity contribution < 1.29 is 14.0 Å². The van der Waals surface area contributed by atoms with E-state index in [1.165, 1.54) is 18.2 Å². The van der Waals surface area contributed by atoms with Crippen molar-refractivity contribution in [2.45, 2.75) is 0 Å². The second kappa shape index (κ2) is 6.19. The number of nitrogens with one attached hydrogen (secondary N) is 2. The van der Waals surface area contributed by atoms with Gasteiger partial charge in [-0.3, -0.25) is 4.79 Å². The number of hydrogen-bond acceptors (Lipinski definition) is 2. The zero-order valence-corrected chi connectivity index (χ0v) is 10.4. The smallest absolute Gasteiger partial charge is 0.312 e. The summed E-state index contributed by atoms with van der Waals surface area (Å²) < 4.78 is 13.2. The fraction of sp³-hybridized carbons (Fsp3) is 0.200. The van der Waals surface area contributed by atoms with Gasteiger partial charge >= 0.3 is 6.03 Å². The van der Waals surface area contributed by atoms with Crippen molar-refractivity contribution in [3.05, 3.63) is 34.1 Å². The summed E-state index contributed by atoms with van der Waals surface area (Å²) in [7, 11) is 0. The topological polar surface area (TPSA) is 84.2 Å². The summed E-state index contributed by atoms with van der Waals surface area (Å²) in [6.45, 7) is 0.478. The molecule has 1 aromatic rings. The maximum absolute atomic E-state index is 12.8. The summed E-state index contributed by atoms with van der Waals surface area (Å²) in [4.78, 5) is 22.0. The zero-order valence-electron chi connectivity index (χ0n) is 8.80. The Kier molecular flexibility index (Phi) is 4.89. The van der Waals surface area contributed by atoms with Crippen LogP contribution in [0.3, 0.4) is 0 Å². The van der Waals surface area contributed by atoms with E-state index in [9.17, 15) is 14.0 Å². The third-order valence-electron chi connectivity index (χ3n) is 1.89. The van der Waals surface area contributed by atoms with E-state index in [1.54, 1.807) is 0 Å². The maximum atomic E-state index is 12.8. The van der Waals surface area contributed by atoms with Gasteiger partial charge in [-0.05, 0) is 34.1 Å². The van der Waals surface area contributed by atoms with E-state index >= 15 is 0 Å². The van der Waals surface area contributed by atoms with Gasteiger partial charge in [0, 0.05) is 17.6 Å². The summed E-state index contributed by atoms with van der Waals surface area (Å²) >= 11 is 3.09. The van der Waals surface area contributed by atoms with E-state index < -0.39 is 11.8 Å². The molecule has 3 amide bonds. The summed E-state index contributed by atoms with van der Waals surface area (Å²) in [6.07, 6.45) is 0. The lowest BCUT2D eigenvalue weighted by Gasteiger charge is -2.07. The normalized spacial score (nSPS) is 9.76. The van der Waals surface area contributed by atoms with Crippen molar-refractivity contribution in [1.82, 2.24) is 10.6 Å². The van der Waals surface area contributed by atoms with Gasteiger partial charge in [-0.2, -0.15) is 0 Å². The van der Waals surface area contributed by atoms with Gasteiger partial charge in [0.2, 0.25) is 0 Å². The minimum atomic E-state index is -0.651. The number of nitrogens with two attached hydrogens (primary N) is 1. The molecule has 0 aromatic heterocycles. The third-order valence-corrected chi connectivity index (χ3v) is 2.54. The molecule has 1 rings (SSSR count). The molecular weight excluding hydrogens is 293 g/mol. The van der Waals surface area contributed by atoms with Gasteiger partial charge in [0.05, 0.1) is 5.56 Å². The van der Waals surface area contributed by atoms with Gasteiger partial charge in [-0.15, -0.1) is 0 Å². The monoisotopic (exact) mass is 303 g/mol. The maximum Gasteiger partial charge on any atom is 0.312 e. The number of amides is 3. The molecule has 0 atom stereocenters. The van der Waals surface area contributed by atoms with Gasteiger partial charge in [-0.1, -0.05) is 0 Å². The molecule has 0 radical (unpaired) electrons. The van der Waals surface area contributed by atoms with Crippen molar-refractivity contribution in [2.24, 2.45) is 5.73 Å². The number of rotatable bonds is 4. The number of carbonyl (C=O) groups is 2. The molecule has 92 valence electrons. The van der Waals surface area contributed by atoms with Crippen LogP contribution in [-0.2, 0) is 0 Å². The fourth-order valence-corrected chi connectivity index (χ4v) is 1.66. The Morgan fingerprint density at radius 2 is 1.94 bits per heavy atom. The van der Waals surface area contributed by atoms with Crippen LogP contribution in [0.4, 0.5) is 9.18 Å². The Bertz CT molecular complexity index is 440. The van der Waals surface area contributed by atoms with E-state index in [2.05, 4.69) is 26.6 Å². The molecule has 0 saturated heterocycles. The number of urea groups is 1. The Balaban J connectivity index is 2.50. The molecule has 0 aliphatic heterocycles. The molecule has 0 bridgehead atoms. The Morgan fingerprint density at radius 1 is 1.29 bits per heavy atom. The Hall–Kier alpha value is -1.63. The second-order valence-electron chi connectivity index (χ2n) is 3.17. The summed E-state index contributed by atoms with van der Waals surface area (Å²) in [5, 5.41) is 4.88. The number of benzene rings is 1. The van der Waals surface area contributed by atoms with Gasteiger partial charge in [-0.25, -0.2) is 9.18 Å². The van der Waals surface area contributed by atoms with Crippen molar-refractivity contribution in [3.8, 4) is 0 Å². The van der Waals surface area contributed by atoms with Crippen molar-refractivity contribution >= 4 is 27.9 Å². The minimum Gasteiger partial charge on any atom is -0.352 e. The standard InChI is InChI=1S/C10H11BrFN3O2/c11-8-5-6(12)1-2-7(8)9(16)14-3-4-15-10(13)17/h1-2,5H,3-4H2,(H,14,16)(H3,13,15,17). The molecule has 0 unspecified atom stereocenters. The molecule has 0 fully saturated rings. The molecule has 7 heteroatoms. The minimum absolute atomic E-state index is 0.236. The van der Waals surface area contributed by atoms with Gasteiger partial charge in [0.25, 0.3) is 5.91 Å². The average Bonchev–Trinajstić information content (AvgIpc) is 2.23. The molecule has 0 aliphatic carbocycles. The number of primary amides is 1. The fourth-order valence-electron chi connectivity index (χ4n) is 1.13. The van der Waals surface area contributed by atoms with E-state index in [0.29, 0.717) is 10.0 Å². The first-order chi connectivity index (χ1) is 8.00. The lowest BCUT2D eigenvalue weighted by molar-refractivity contribution is 0.0953. The lowest BCUT2D eigenvalue weighted by Crippen LogP contribution is -2.37. The zero-order chi connectivity index (χ0) is 12.8. The van der Waals surface area contributed by atoms with Gasteiger partial charge in [0.15, 0.2) is 0 Å². The van der Waals surface area contributed by atoms with Gasteiger partial charge < -0.3 is 16.4 Å². The summed E-state index contributed by atoms with van der Waals surface area (Å²) in [5.74, 6) is -0.785. The predicted molar refractivity (Wildman–Crippen MR) is 64.0 cm³/mol. The van der Waals surface area contributed by atoms with Crippen LogP contribution in [-0.4, -0.2) is 25.0 Å². The summed E-state index contributed by atoms with van der Waals surface area (Å²) in [6, 6.07) is 3.12. The second-order valence-corrected chi connectivity index (χ2v) is 4.03. The van der Waals surface area contributed by atoms with Crippen LogP contribution in [0.1, 0.15) is 10.4 Å². The molecule has 4 N–H and O–H groups in total. The number of carbonyl (C=O) groups excluding carboxylic acids is 2. The van der Waals surface area contributed by atoms with Crippen LogP contribution in [0, 0.1) is 5.82 Å².